The molecule has 0 unspecified atom stereocenters. The third-order valence-electron chi connectivity index (χ3n) is 4.28. The maximum absolute atomic E-state index is 12.3. The molecule has 2 aromatic carbocycles. The molecule has 0 saturated carbocycles. The minimum absolute atomic E-state index is 0.157. The number of amides is 1. The highest BCUT2D eigenvalue weighted by Gasteiger charge is 2.15. The molecule has 0 aromatic heterocycles. The highest BCUT2D eigenvalue weighted by Crippen LogP contribution is 2.19. The summed E-state index contributed by atoms with van der Waals surface area (Å²) >= 11 is 0. The van der Waals surface area contributed by atoms with Gasteiger partial charge in [-0.05, 0) is 69.2 Å². The molecule has 0 aliphatic heterocycles. The van der Waals surface area contributed by atoms with Crippen molar-refractivity contribution in [1.29, 1.82) is 0 Å². The van der Waals surface area contributed by atoms with Crippen molar-refractivity contribution >= 4 is 17.3 Å². The van der Waals surface area contributed by atoms with Crippen molar-refractivity contribution in [3.63, 3.8) is 0 Å². The molecule has 1 amide bonds. The van der Waals surface area contributed by atoms with Gasteiger partial charge >= 0.3 is 0 Å². The van der Waals surface area contributed by atoms with Crippen LogP contribution in [-0.4, -0.2) is 25.1 Å². The monoisotopic (exact) mass is 340 g/mol. The van der Waals surface area contributed by atoms with Crippen LogP contribution in [-0.2, 0) is 11.2 Å². The molecule has 0 spiro atoms. The normalized spacial score (nSPS) is 11.7. The number of aryl methyl sites for hydroxylation is 1. The zero-order chi connectivity index (χ0) is 18.2. The van der Waals surface area contributed by atoms with E-state index in [9.17, 15) is 4.79 Å². The van der Waals surface area contributed by atoms with E-state index in [1.807, 2.05) is 48.5 Å². The number of carbonyl (C=O) groups excluding carboxylic acids is 1. The topological polar surface area (TPSA) is 41.6 Å². The lowest BCUT2D eigenvalue weighted by atomic mass is 10.2. The number of benzene rings is 2. The molecule has 0 heterocycles. The van der Waals surface area contributed by atoms with E-state index in [1.54, 1.807) is 6.92 Å². The Morgan fingerprint density at radius 1 is 1.00 bits per heavy atom. The first-order valence-electron chi connectivity index (χ1n) is 8.98. The quantitative estimate of drug-likeness (QED) is 0.769. The van der Waals surface area contributed by atoms with Gasteiger partial charge in [0.1, 0.15) is 5.75 Å². The predicted octanol–water partition coefficient (Wildman–Crippen LogP) is 4.50. The molecular formula is C21H28N2O2. The van der Waals surface area contributed by atoms with Gasteiger partial charge in [-0.25, -0.2) is 0 Å². The maximum atomic E-state index is 12.3. The SMILES string of the molecule is CCc1ccc(O[C@@H](C)C(=O)Nc2ccc(N(CC)CC)cc2)cc1. The summed E-state index contributed by atoms with van der Waals surface area (Å²) in [6.45, 7) is 10.1. The average Bonchev–Trinajstić information content (AvgIpc) is 2.64. The van der Waals surface area contributed by atoms with Gasteiger partial charge in [0.2, 0.25) is 0 Å². The molecule has 0 saturated heterocycles. The summed E-state index contributed by atoms with van der Waals surface area (Å²) in [6.07, 6.45) is 0.426. The third-order valence-corrected chi connectivity index (χ3v) is 4.28. The van der Waals surface area contributed by atoms with E-state index in [0.29, 0.717) is 5.75 Å². The third kappa shape index (κ3) is 5.24. The summed E-state index contributed by atoms with van der Waals surface area (Å²) in [7, 11) is 0. The molecule has 0 aliphatic rings. The smallest absolute Gasteiger partial charge is 0.265 e. The summed E-state index contributed by atoms with van der Waals surface area (Å²) in [5, 5.41) is 2.90. The van der Waals surface area contributed by atoms with Crippen LogP contribution in [0.4, 0.5) is 11.4 Å². The van der Waals surface area contributed by atoms with Crippen molar-refractivity contribution in [3.05, 3.63) is 54.1 Å². The van der Waals surface area contributed by atoms with Crippen LogP contribution in [0.25, 0.3) is 0 Å². The lowest BCUT2D eigenvalue weighted by molar-refractivity contribution is -0.122. The summed E-state index contributed by atoms with van der Waals surface area (Å²) in [5.74, 6) is 0.548. The van der Waals surface area contributed by atoms with Crippen molar-refractivity contribution in [1.82, 2.24) is 0 Å². The Labute approximate surface area is 150 Å². The van der Waals surface area contributed by atoms with E-state index < -0.39 is 6.10 Å². The molecular weight excluding hydrogens is 312 g/mol. The van der Waals surface area contributed by atoms with Crippen molar-refractivity contribution < 1.29 is 9.53 Å². The molecule has 0 aliphatic carbocycles. The Kier molecular flexibility index (Phi) is 6.87. The number of rotatable bonds is 8. The molecule has 4 heteroatoms. The van der Waals surface area contributed by atoms with Gasteiger partial charge in [-0.15, -0.1) is 0 Å². The van der Waals surface area contributed by atoms with Gasteiger partial charge in [-0.3, -0.25) is 4.79 Å². The van der Waals surface area contributed by atoms with Crippen LogP contribution < -0.4 is 15.0 Å². The Morgan fingerprint density at radius 2 is 1.60 bits per heavy atom. The van der Waals surface area contributed by atoms with E-state index in [-0.39, 0.29) is 5.91 Å². The number of carbonyl (C=O) groups is 1. The molecule has 0 fully saturated rings. The fourth-order valence-corrected chi connectivity index (χ4v) is 2.65. The van der Waals surface area contributed by atoms with Crippen molar-refractivity contribution in [2.24, 2.45) is 0 Å². The molecule has 0 bridgehead atoms. The van der Waals surface area contributed by atoms with Crippen molar-refractivity contribution in [2.75, 3.05) is 23.3 Å². The Bertz CT molecular complexity index is 661. The Morgan fingerprint density at radius 3 is 2.12 bits per heavy atom. The molecule has 25 heavy (non-hydrogen) atoms. The minimum Gasteiger partial charge on any atom is -0.481 e. The zero-order valence-corrected chi connectivity index (χ0v) is 15.6. The van der Waals surface area contributed by atoms with Crippen LogP contribution >= 0.6 is 0 Å². The van der Waals surface area contributed by atoms with E-state index in [0.717, 1.165) is 30.9 Å². The number of nitrogens with zero attached hydrogens (tertiary/aromatic N) is 1. The highest BCUT2D eigenvalue weighted by molar-refractivity contribution is 5.94. The second-order valence-corrected chi connectivity index (χ2v) is 5.97. The number of nitrogens with one attached hydrogen (secondary N) is 1. The van der Waals surface area contributed by atoms with Crippen LogP contribution in [0.3, 0.4) is 0 Å². The first-order chi connectivity index (χ1) is 12.1. The van der Waals surface area contributed by atoms with E-state index in [2.05, 4.69) is 31.0 Å². The van der Waals surface area contributed by atoms with Gasteiger partial charge in [-0.2, -0.15) is 0 Å². The first-order valence-corrected chi connectivity index (χ1v) is 8.98. The van der Waals surface area contributed by atoms with E-state index in [4.69, 9.17) is 4.74 Å². The summed E-state index contributed by atoms with van der Waals surface area (Å²) < 4.78 is 5.72. The van der Waals surface area contributed by atoms with Gasteiger partial charge in [0.15, 0.2) is 6.10 Å². The minimum atomic E-state index is -0.560. The van der Waals surface area contributed by atoms with Crippen LogP contribution in [0.2, 0.25) is 0 Å². The summed E-state index contributed by atoms with van der Waals surface area (Å²) in [6, 6.07) is 15.7. The lowest BCUT2D eigenvalue weighted by Crippen LogP contribution is -2.30. The second-order valence-electron chi connectivity index (χ2n) is 5.97. The van der Waals surface area contributed by atoms with Gasteiger partial charge in [0.25, 0.3) is 5.91 Å². The van der Waals surface area contributed by atoms with Gasteiger partial charge in [0.05, 0.1) is 0 Å². The fourth-order valence-electron chi connectivity index (χ4n) is 2.65. The molecule has 4 nitrogen and oxygen atoms in total. The summed E-state index contributed by atoms with van der Waals surface area (Å²) in [5.41, 5.74) is 3.18. The lowest BCUT2D eigenvalue weighted by Gasteiger charge is -2.21. The molecule has 2 rings (SSSR count). The van der Waals surface area contributed by atoms with Gasteiger partial charge in [-0.1, -0.05) is 19.1 Å². The van der Waals surface area contributed by atoms with Gasteiger partial charge in [0, 0.05) is 24.5 Å². The standard InChI is InChI=1S/C21H28N2O2/c1-5-17-8-14-20(15-9-17)25-16(4)21(24)22-18-10-12-19(13-11-18)23(6-2)7-3/h8-16H,5-7H2,1-4H3,(H,22,24)/t16-/m0/s1. The molecule has 1 atom stereocenters. The predicted molar refractivity (Wildman–Crippen MR) is 105 cm³/mol. The van der Waals surface area contributed by atoms with E-state index in [1.165, 1.54) is 5.56 Å². The second kappa shape index (κ2) is 9.11. The summed E-state index contributed by atoms with van der Waals surface area (Å²) in [4.78, 5) is 14.6. The number of hydrogen-bond acceptors (Lipinski definition) is 3. The highest BCUT2D eigenvalue weighted by atomic mass is 16.5. The maximum Gasteiger partial charge on any atom is 0.265 e. The molecule has 0 radical (unpaired) electrons. The van der Waals surface area contributed by atoms with E-state index >= 15 is 0 Å². The van der Waals surface area contributed by atoms with Crippen LogP contribution in [0.5, 0.6) is 5.75 Å². The average molecular weight is 340 g/mol. The van der Waals surface area contributed by atoms with Crippen LogP contribution in [0.15, 0.2) is 48.5 Å². The Hall–Kier alpha value is -2.49. The first kappa shape index (κ1) is 18.8. The van der Waals surface area contributed by atoms with Gasteiger partial charge < -0.3 is 15.0 Å². The van der Waals surface area contributed by atoms with Crippen LogP contribution in [0, 0.1) is 0 Å². The number of ether oxygens (including phenoxy) is 1. The largest absolute Gasteiger partial charge is 0.481 e. The molecule has 134 valence electrons. The van der Waals surface area contributed by atoms with Crippen molar-refractivity contribution in [2.45, 2.75) is 40.2 Å². The molecule has 2 aromatic rings. The van der Waals surface area contributed by atoms with Crippen molar-refractivity contribution in [3.8, 4) is 5.75 Å². The fraction of sp³-hybridized carbons (Fsp3) is 0.381. The number of anilines is 2. The Balaban J connectivity index is 1.93. The molecule has 1 N–H and O–H groups in total. The zero-order valence-electron chi connectivity index (χ0n) is 15.6. The number of hydrogen-bond donors (Lipinski definition) is 1. The van der Waals surface area contributed by atoms with Crippen LogP contribution in [0.1, 0.15) is 33.3 Å².